The molecule has 1 aromatic carbocycles. The van der Waals surface area contributed by atoms with Crippen molar-refractivity contribution in [2.45, 2.75) is 12.5 Å². The second kappa shape index (κ2) is 9.05. The van der Waals surface area contributed by atoms with E-state index in [4.69, 9.17) is 10.4 Å². The lowest BCUT2D eigenvalue weighted by molar-refractivity contribution is -0.118. The van der Waals surface area contributed by atoms with E-state index in [-0.39, 0.29) is 0 Å². The summed E-state index contributed by atoms with van der Waals surface area (Å²) in [5.74, 6) is 0.226. The molecule has 0 bridgehead atoms. The first-order chi connectivity index (χ1) is 12.0. The fourth-order valence-electron chi connectivity index (χ4n) is 2.03. The SMILES string of the molecule is CSCCC(NC(=O)O)C(=O)Nc1nc(-c2ccc(C#N)cc2)cs1. The van der Waals surface area contributed by atoms with Crippen molar-refractivity contribution in [1.29, 1.82) is 5.26 Å². The number of carboxylic acid groups (broad SMARTS) is 1. The summed E-state index contributed by atoms with van der Waals surface area (Å²) in [6.07, 6.45) is 1.05. The van der Waals surface area contributed by atoms with E-state index in [1.807, 2.05) is 6.26 Å². The van der Waals surface area contributed by atoms with Crippen LogP contribution in [0.5, 0.6) is 0 Å². The van der Waals surface area contributed by atoms with Crippen LogP contribution in [0, 0.1) is 11.3 Å². The van der Waals surface area contributed by atoms with Crippen LogP contribution < -0.4 is 10.6 Å². The van der Waals surface area contributed by atoms with Crippen molar-refractivity contribution >= 4 is 40.2 Å². The topological polar surface area (TPSA) is 115 Å². The number of rotatable bonds is 7. The van der Waals surface area contributed by atoms with Gasteiger partial charge in [0.2, 0.25) is 5.91 Å². The number of hydrogen-bond acceptors (Lipinski definition) is 6. The van der Waals surface area contributed by atoms with Crippen LogP contribution in [0.1, 0.15) is 12.0 Å². The summed E-state index contributed by atoms with van der Waals surface area (Å²) in [7, 11) is 0. The smallest absolute Gasteiger partial charge is 0.405 e. The van der Waals surface area contributed by atoms with Gasteiger partial charge in [0.05, 0.1) is 17.3 Å². The second-order valence-electron chi connectivity index (χ2n) is 5.00. The Bertz CT molecular complexity index is 783. The summed E-state index contributed by atoms with van der Waals surface area (Å²) in [5.41, 5.74) is 2.07. The highest BCUT2D eigenvalue weighted by atomic mass is 32.2. The number of carbonyl (C=O) groups is 2. The van der Waals surface area contributed by atoms with Gasteiger partial charge in [-0.1, -0.05) is 12.1 Å². The van der Waals surface area contributed by atoms with Crippen LogP contribution in [-0.4, -0.2) is 40.1 Å². The maximum absolute atomic E-state index is 12.3. The van der Waals surface area contributed by atoms with Crippen LogP contribution >= 0.6 is 23.1 Å². The zero-order valence-electron chi connectivity index (χ0n) is 13.4. The van der Waals surface area contributed by atoms with Crippen molar-refractivity contribution in [1.82, 2.24) is 10.3 Å². The number of benzene rings is 1. The van der Waals surface area contributed by atoms with Crippen LogP contribution in [-0.2, 0) is 4.79 Å². The Balaban J connectivity index is 2.06. The fourth-order valence-corrected chi connectivity index (χ4v) is 3.22. The Morgan fingerprint density at radius 2 is 2.12 bits per heavy atom. The molecule has 1 aromatic heterocycles. The van der Waals surface area contributed by atoms with Crippen LogP contribution in [0.2, 0.25) is 0 Å². The Hall–Kier alpha value is -2.57. The number of carbonyl (C=O) groups excluding carboxylic acids is 1. The van der Waals surface area contributed by atoms with Gasteiger partial charge in [-0.3, -0.25) is 4.79 Å². The van der Waals surface area contributed by atoms with Gasteiger partial charge in [-0.05, 0) is 30.6 Å². The third-order valence-corrected chi connectivity index (χ3v) is 4.67. The number of nitriles is 1. The average molecular weight is 376 g/mol. The van der Waals surface area contributed by atoms with Gasteiger partial charge in [-0.2, -0.15) is 17.0 Å². The molecule has 1 unspecified atom stereocenters. The predicted molar refractivity (Wildman–Crippen MR) is 98.8 cm³/mol. The van der Waals surface area contributed by atoms with Crippen LogP contribution in [0.25, 0.3) is 11.3 Å². The fraction of sp³-hybridized carbons (Fsp3) is 0.250. The van der Waals surface area contributed by atoms with Gasteiger partial charge in [-0.15, -0.1) is 11.3 Å². The Morgan fingerprint density at radius 3 is 2.72 bits per heavy atom. The standard InChI is InChI=1S/C16H16N4O3S2/c1-24-7-6-12(19-16(22)23)14(21)20-15-18-13(9-25-15)11-4-2-10(8-17)3-5-11/h2-5,9,12,19H,6-7H2,1H3,(H,22,23)(H,18,20,21). The number of aromatic nitrogens is 1. The number of thioether (sulfide) groups is 1. The molecule has 2 rings (SSSR count). The molecule has 0 radical (unpaired) electrons. The summed E-state index contributed by atoms with van der Waals surface area (Å²) in [6, 6.07) is 8.19. The largest absolute Gasteiger partial charge is 0.465 e. The molecule has 0 fully saturated rings. The average Bonchev–Trinajstić information content (AvgIpc) is 3.06. The molecule has 0 saturated heterocycles. The maximum atomic E-state index is 12.3. The lowest BCUT2D eigenvalue weighted by atomic mass is 10.1. The van der Waals surface area contributed by atoms with Gasteiger partial charge >= 0.3 is 6.09 Å². The first kappa shape index (κ1) is 18.8. The van der Waals surface area contributed by atoms with Crippen molar-refractivity contribution < 1.29 is 14.7 Å². The molecule has 0 spiro atoms. The van der Waals surface area contributed by atoms with Gasteiger partial charge in [-0.25, -0.2) is 9.78 Å². The molecule has 130 valence electrons. The molecule has 9 heteroatoms. The van der Waals surface area contributed by atoms with Crippen molar-refractivity contribution in [2.75, 3.05) is 17.3 Å². The second-order valence-corrected chi connectivity index (χ2v) is 6.84. The molecule has 0 saturated carbocycles. The summed E-state index contributed by atoms with van der Waals surface area (Å²) in [4.78, 5) is 27.4. The van der Waals surface area contributed by atoms with E-state index >= 15 is 0 Å². The van der Waals surface area contributed by atoms with E-state index in [1.54, 1.807) is 29.6 Å². The molecular weight excluding hydrogens is 360 g/mol. The Morgan fingerprint density at radius 1 is 1.40 bits per heavy atom. The van der Waals surface area contributed by atoms with Gasteiger partial charge in [0.25, 0.3) is 0 Å². The van der Waals surface area contributed by atoms with E-state index < -0.39 is 18.0 Å². The third-order valence-electron chi connectivity index (χ3n) is 3.27. The molecule has 3 N–H and O–H groups in total. The normalized spacial score (nSPS) is 11.4. The van der Waals surface area contributed by atoms with Crippen molar-refractivity contribution in [2.24, 2.45) is 0 Å². The molecule has 1 heterocycles. The van der Waals surface area contributed by atoms with E-state index in [9.17, 15) is 9.59 Å². The third kappa shape index (κ3) is 5.48. The Labute approximate surface area is 153 Å². The number of nitrogens with zero attached hydrogens (tertiary/aromatic N) is 2. The van der Waals surface area contributed by atoms with Gasteiger partial charge in [0, 0.05) is 10.9 Å². The molecule has 7 nitrogen and oxygen atoms in total. The van der Waals surface area contributed by atoms with Crippen LogP contribution in [0.3, 0.4) is 0 Å². The number of thiazole rings is 1. The molecule has 0 aliphatic heterocycles. The molecule has 25 heavy (non-hydrogen) atoms. The number of amides is 2. The highest BCUT2D eigenvalue weighted by Crippen LogP contribution is 2.25. The lowest BCUT2D eigenvalue weighted by Gasteiger charge is -2.15. The summed E-state index contributed by atoms with van der Waals surface area (Å²) < 4.78 is 0. The maximum Gasteiger partial charge on any atom is 0.405 e. The van der Waals surface area contributed by atoms with E-state index in [0.717, 1.165) is 5.56 Å². The molecule has 2 aromatic rings. The van der Waals surface area contributed by atoms with Crippen LogP contribution in [0.15, 0.2) is 29.6 Å². The van der Waals surface area contributed by atoms with Crippen LogP contribution in [0.4, 0.5) is 9.93 Å². The number of nitrogens with one attached hydrogen (secondary N) is 2. The first-order valence-electron chi connectivity index (χ1n) is 7.29. The van der Waals surface area contributed by atoms with Gasteiger partial charge < -0.3 is 15.7 Å². The van der Waals surface area contributed by atoms with Crippen molar-refractivity contribution in [3.05, 3.63) is 35.2 Å². The van der Waals surface area contributed by atoms with Crippen molar-refractivity contribution in [3.8, 4) is 17.3 Å². The minimum Gasteiger partial charge on any atom is -0.465 e. The number of anilines is 1. The zero-order valence-corrected chi connectivity index (χ0v) is 15.0. The summed E-state index contributed by atoms with van der Waals surface area (Å²) in [5, 5.41) is 24.7. The van der Waals surface area contributed by atoms with Gasteiger partial charge in [0.15, 0.2) is 5.13 Å². The zero-order chi connectivity index (χ0) is 18.2. The van der Waals surface area contributed by atoms with E-state index in [2.05, 4.69) is 21.7 Å². The molecule has 0 aliphatic carbocycles. The molecule has 1 atom stereocenters. The highest BCUT2D eigenvalue weighted by molar-refractivity contribution is 7.98. The van der Waals surface area contributed by atoms with Crippen molar-refractivity contribution in [3.63, 3.8) is 0 Å². The quantitative estimate of drug-likeness (QED) is 0.684. The van der Waals surface area contributed by atoms with E-state index in [0.29, 0.717) is 28.6 Å². The Kier molecular flexibility index (Phi) is 6.80. The minimum absolute atomic E-state index is 0.394. The summed E-state index contributed by atoms with van der Waals surface area (Å²) >= 11 is 2.79. The highest BCUT2D eigenvalue weighted by Gasteiger charge is 2.21. The molecule has 2 amide bonds. The van der Waals surface area contributed by atoms with Gasteiger partial charge in [0.1, 0.15) is 6.04 Å². The molecule has 0 aliphatic rings. The number of hydrogen-bond donors (Lipinski definition) is 3. The predicted octanol–water partition coefficient (Wildman–Crippen LogP) is 3.01. The minimum atomic E-state index is -1.24. The lowest BCUT2D eigenvalue weighted by Crippen LogP contribution is -2.43. The van der Waals surface area contributed by atoms with E-state index in [1.165, 1.54) is 23.1 Å². The summed E-state index contributed by atoms with van der Waals surface area (Å²) in [6.45, 7) is 0. The molecular formula is C16H16N4O3S2. The first-order valence-corrected chi connectivity index (χ1v) is 9.56. The monoisotopic (exact) mass is 376 g/mol.